The number of benzene rings is 1. The first-order valence-electron chi connectivity index (χ1n) is 8.94. The van der Waals surface area contributed by atoms with Gasteiger partial charge in [0.15, 0.2) is 0 Å². The number of piperidine rings is 1. The van der Waals surface area contributed by atoms with Gasteiger partial charge in [-0.2, -0.15) is 0 Å². The number of aromatic nitrogens is 4. The molecule has 1 aliphatic heterocycles. The fourth-order valence-corrected chi connectivity index (χ4v) is 3.55. The molecule has 0 saturated carbocycles. The van der Waals surface area contributed by atoms with Crippen LogP contribution in [0.1, 0.15) is 28.9 Å². The zero-order valence-electron chi connectivity index (χ0n) is 14.5. The lowest BCUT2D eigenvalue weighted by atomic mass is 9.92. The second-order valence-electron chi connectivity index (χ2n) is 6.70. The Hall–Kier alpha value is -3.02. The number of carbonyl (C=O) groups is 1. The number of amides is 1. The van der Waals surface area contributed by atoms with Crippen LogP contribution in [0.5, 0.6) is 0 Å². The Morgan fingerprint density at radius 2 is 2.00 bits per heavy atom. The molecule has 26 heavy (non-hydrogen) atoms. The second kappa shape index (κ2) is 7.47. The van der Waals surface area contributed by atoms with E-state index >= 15 is 0 Å². The first kappa shape index (κ1) is 16.4. The lowest BCUT2D eigenvalue weighted by molar-refractivity contribution is 0.0672. The van der Waals surface area contributed by atoms with Gasteiger partial charge in [0, 0.05) is 36.2 Å². The van der Waals surface area contributed by atoms with Crippen molar-refractivity contribution in [1.82, 2.24) is 24.6 Å². The van der Waals surface area contributed by atoms with E-state index in [1.807, 2.05) is 47.5 Å². The van der Waals surface area contributed by atoms with Crippen molar-refractivity contribution in [2.75, 3.05) is 13.1 Å². The van der Waals surface area contributed by atoms with E-state index in [0.717, 1.165) is 43.7 Å². The molecule has 1 saturated heterocycles. The molecule has 1 aliphatic rings. The van der Waals surface area contributed by atoms with Gasteiger partial charge in [0.05, 0.1) is 0 Å². The van der Waals surface area contributed by atoms with Crippen LogP contribution in [0.3, 0.4) is 0 Å². The fraction of sp³-hybridized carbons (Fsp3) is 0.300. The van der Waals surface area contributed by atoms with Gasteiger partial charge >= 0.3 is 0 Å². The summed E-state index contributed by atoms with van der Waals surface area (Å²) in [6, 6.07) is 13.6. The van der Waals surface area contributed by atoms with Gasteiger partial charge in [0.2, 0.25) is 0 Å². The third-order valence-corrected chi connectivity index (χ3v) is 4.84. The minimum atomic E-state index is 0.0886. The average molecular weight is 347 g/mol. The molecule has 0 N–H and O–H groups in total. The number of rotatable bonds is 4. The zero-order valence-corrected chi connectivity index (χ0v) is 14.5. The van der Waals surface area contributed by atoms with Gasteiger partial charge in [-0.15, -0.1) is 10.2 Å². The van der Waals surface area contributed by atoms with Gasteiger partial charge in [-0.3, -0.25) is 14.3 Å². The molecule has 1 atom stereocenters. The van der Waals surface area contributed by atoms with E-state index in [1.165, 1.54) is 0 Å². The van der Waals surface area contributed by atoms with E-state index in [2.05, 4.69) is 21.2 Å². The van der Waals surface area contributed by atoms with Gasteiger partial charge in [0.25, 0.3) is 5.91 Å². The highest BCUT2D eigenvalue weighted by molar-refractivity contribution is 5.94. The van der Waals surface area contributed by atoms with Gasteiger partial charge in [0.1, 0.15) is 12.7 Å². The summed E-state index contributed by atoms with van der Waals surface area (Å²) in [7, 11) is 0. The van der Waals surface area contributed by atoms with Crippen molar-refractivity contribution in [2.24, 2.45) is 5.92 Å². The van der Waals surface area contributed by atoms with Crippen LogP contribution in [0.4, 0.5) is 0 Å². The fourth-order valence-electron chi connectivity index (χ4n) is 3.55. The van der Waals surface area contributed by atoms with Crippen molar-refractivity contribution >= 4 is 5.91 Å². The summed E-state index contributed by atoms with van der Waals surface area (Å²) in [6.07, 6.45) is 8.19. The summed E-state index contributed by atoms with van der Waals surface area (Å²) in [4.78, 5) is 19.4. The van der Waals surface area contributed by atoms with Crippen LogP contribution in [-0.2, 0) is 6.42 Å². The molecule has 0 unspecified atom stereocenters. The van der Waals surface area contributed by atoms with E-state index in [9.17, 15) is 4.79 Å². The standard InChI is InChI=1S/C20H21N5O/c26-20(17-6-3-8-19(12-17)25-14-22-23-15-25)24-10-4-5-16(13-24)11-18-7-1-2-9-21-18/h1-3,6-9,12,14-16H,4-5,10-11,13H2/t16-/m1/s1. The summed E-state index contributed by atoms with van der Waals surface area (Å²) in [5.74, 6) is 0.550. The number of hydrogen-bond donors (Lipinski definition) is 0. The van der Waals surface area contributed by atoms with Gasteiger partial charge in [-0.05, 0) is 55.5 Å². The average Bonchev–Trinajstić information content (AvgIpc) is 3.23. The molecule has 6 heteroatoms. The minimum absolute atomic E-state index is 0.0886. The third-order valence-electron chi connectivity index (χ3n) is 4.84. The maximum Gasteiger partial charge on any atom is 0.253 e. The highest BCUT2D eigenvalue weighted by Gasteiger charge is 2.25. The van der Waals surface area contributed by atoms with Gasteiger partial charge in [-0.1, -0.05) is 12.1 Å². The first-order valence-corrected chi connectivity index (χ1v) is 8.94. The maximum absolute atomic E-state index is 13.0. The summed E-state index contributed by atoms with van der Waals surface area (Å²) >= 11 is 0. The molecule has 0 radical (unpaired) electrons. The Kier molecular flexibility index (Phi) is 4.73. The van der Waals surface area contributed by atoms with Crippen LogP contribution < -0.4 is 0 Å². The van der Waals surface area contributed by atoms with Crippen LogP contribution in [-0.4, -0.2) is 43.6 Å². The molecule has 6 nitrogen and oxygen atoms in total. The predicted octanol–water partition coefficient (Wildman–Crippen LogP) is 2.76. The minimum Gasteiger partial charge on any atom is -0.338 e. The number of nitrogens with zero attached hydrogens (tertiary/aromatic N) is 5. The monoisotopic (exact) mass is 347 g/mol. The lowest BCUT2D eigenvalue weighted by Crippen LogP contribution is -2.40. The van der Waals surface area contributed by atoms with Crippen molar-refractivity contribution in [3.8, 4) is 5.69 Å². The summed E-state index contributed by atoms with van der Waals surface area (Å²) in [6.45, 7) is 1.60. The number of carbonyl (C=O) groups excluding carboxylic acids is 1. The molecule has 132 valence electrons. The normalized spacial score (nSPS) is 17.2. The number of hydrogen-bond acceptors (Lipinski definition) is 4. The Labute approximate surface area is 152 Å². The Morgan fingerprint density at radius 3 is 2.81 bits per heavy atom. The molecule has 3 heterocycles. The third kappa shape index (κ3) is 3.64. The molecule has 1 amide bonds. The van der Waals surface area contributed by atoms with Crippen LogP contribution in [0, 0.1) is 5.92 Å². The molecule has 2 aromatic heterocycles. The SMILES string of the molecule is O=C(c1cccc(-n2cnnc2)c1)N1CCC[C@H](Cc2ccccn2)C1. The highest BCUT2D eigenvalue weighted by atomic mass is 16.2. The van der Waals surface area contributed by atoms with E-state index in [0.29, 0.717) is 11.5 Å². The lowest BCUT2D eigenvalue weighted by Gasteiger charge is -2.33. The molecule has 0 bridgehead atoms. The first-order chi connectivity index (χ1) is 12.8. The smallest absolute Gasteiger partial charge is 0.253 e. The molecule has 3 aromatic rings. The van der Waals surface area contributed by atoms with Crippen molar-refractivity contribution in [1.29, 1.82) is 0 Å². The van der Waals surface area contributed by atoms with E-state index in [4.69, 9.17) is 0 Å². The molecule has 0 aliphatic carbocycles. The molecular weight excluding hydrogens is 326 g/mol. The number of pyridine rings is 1. The van der Waals surface area contributed by atoms with Gasteiger partial charge < -0.3 is 4.90 Å². The van der Waals surface area contributed by atoms with Crippen molar-refractivity contribution in [3.05, 3.63) is 72.6 Å². The zero-order chi connectivity index (χ0) is 17.8. The van der Waals surface area contributed by atoms with Gasteiger partial charge in [-0.25, -0.2) is 0 Å². The van der Waals surface area contributed by atoms with E-state index in [1.54, 1.807) is 17.2 Å². The highest BCUT2D eigenvalue weighted by Crippen LogP contribution is 2.22. The van der Waals surface area contributed by atoms with Crippen LogP contribution in [0.15, 0.2) is 61.3 Å². The van der Waals surface area contributed by atoms with Crippen molar-refractivity contribution in [2.45, 2.75) is 19.3 Å². The van der Waals surface area contributed by atoms with E-state index < -0.39 is 0 Å². The van der Waals surface area contributed by atoms with Crippen molar-refractivity contribution < 1.29 is 4.79 Å². The summed E-state index contributed by atoms with van der Waals surface area (Å²) in [5, 5.41) is 7.65. The molecule has 1 fully saturated rings. The van der Waals surface area contributed by atoms with Crippen LogP contribution in [0.25, 0.3) is 5.69 Å². The predicted molar refractivity (Wildman–Crippen MR) is 97.9 cm³/mol. The Balaban J connectivity index is 1.47. The molecule has 4 rings (SSSR count). The molecular formula is C20H21N5O. The summed E-state index contributed by atoms with van der Waals surface area (Å²) in [5.41, 5.74) is 2.69. The van der Waals surface area contributed by atoms with Crippen LogP contribution in [0.2, 0.25) is 0 Å². The van der Waals surface area contributed by atoms with Crippen LogP contribution >= 0.6 is 0 Å². The number of likely N-dealkylation sites (tertiary alicyclic amines) is 1. The largest absolute Gasteiger partial charge is 0.338 e. The Bertz CT molecular complexity index is 863. The molecule has 0 spiro atoms. The summed E-state index contributed by atoms with van der Waals surface area (Å²) < 4.78 is 1.80. The second-order valence-corrected chi connectivity index (χ2v) is 6.70. The quantitative estimate of drug-likeness (QED) is 0.728. The van der Waals surface area contributed by atoms with Crippen molar-refractivity contribution in [3.63, 3.8) is 0 Å². The Morgan fingerprint density at radius 1 is 1.12 bits per heavy atom. The molecule has 1 aromatic carbocycles. The maximum atomic E-state index is 13.0. The van der Waals surface area contributed by atoms with E-state index in [-0.39, 0.29) is 5.91 Å². The topological polar surface area (TPSA) is 63.9 Å².